The SMILES string of the molecule is NC(=O)c1ccc(/C=C/C2CCCCC2)nc1. The zero-order valence-corrected chi connectivity index (χ0v) is 9.93. The van der Waals surface area contributed by atoms with Gasteiger partial charge >= 0.3 is 0 Å². The van der Waals surface area contributed by atoms with E-state index in [1.165, 1.54) is 38.3 Å². The fraction of sp³-hybridized carbons (Fsp3) is 0.429. The molecule has 1 saturated carbocycles. The first-order valence-corrected chi connectivity index (χ1v) is 6.20. The highest BCUT2D eigenvalue weighted by atomic mass is 16.1. The highest BCUT2D eigenvalue weighted by Crippen LogP contribution is 2.25. The summed E-state index contributed by atoms with van der Waals surface area (Å²) in [4.78, 5) is 15.1. The third-order valence-electron chi connectivity index (χ3n) is 3.26. The molecule has 0 atom stereocenters. The molecular formula is C14H18N2O. The van der Waals surface area contributed by atoms with Crippen LogP contribution in [0.1, 0.15) is 48.2 Å². The Bertz CT molecular complexity index is 403. The Balaban J connectivity index is 1.98. The summed E-state index contributed by atoms with van der Waals surface area (Å²) in [7, 11) is 0. The van der Waals surface area contributed by atoms with Gasteiger partial charge in [-0.25, -0.2) is 0 Å². The predicted molar refractivity (Wildman–Crippen MR) is 68.4 cm³/mol. The van der Waals surface area contributed by atoms with Crippen LogP contribution in [0.5, 0.6) is 0 Å². The summed E-state index contributed by atoms with van der Waals surface area (Å²) in [6.07, 6.45) is 12.4. The second-order valence-electron chi connectivity index (χ2n) is 4.59. The Morgan fingerprint density at radius 2 is 2.06 bits per heavy atom. The molecule has 0 saturated heterocycles. The smallest absolute Gasteiger partial charge is 0.250 e. The minimum absolute atomic E-state index is 0.430. The monoisotopic (exact) mass is 230 g/mol. The highest BCUT2D eigenvalue weighted by molar-refractivity contribution is 5.92. The molecule has 0 radical (unpaired) electrons. The first-order valence-electron chi connectivity index (χ1n) is 6.20. The molecule has 2 rings (SSSR count). The molecule has 1 heterocycles. The molecule has 1 aromatic heterocycles. The normalized spacial score (nSPS) is 17.4. The lowest BCUT2D eigenvalue weighted by Gasteiger charge is -2.17. The van der Waals surface area contributed by atoms with E-state index in [0.29, 0.717) is 11.5 Å². The van der Waals surface area contributed by atoms with Crippen LogP contribution in [0.25, 0.3) is 6.08 Å². The van der Waals surface area contributed by atoms with Crippen LogP contribution in [-0.2, 0) is 0 Å². The van der Waals surface area contributed by atoms with Crippen LogP contribution in [0, 0.1) is 5.92 Å². The summed E-state index contributed by atoms with van der Waals surface area (Å²) < 4.78 is 0. The second-order valence-corrected chi connectivity index (χ2v) is 4.59. The van der Waals surface area contributed by atoms with E-state index in [2.05, 4.69) is 11.1 Å². The van der Waals surface area contributed by atoms with Crippen molar-refractivity contribution in [2.45, 2.75) is 32.1 Å². The number of primary amides is 1. The molecular weight excluding hydrogens is 212 g/mol. The van der Waals surface area contributed by atoms with Crippen molar-refractivity contribution in [1.82, 2.24) is 4.98 Å². The number of rotatable bonds is 3. The number of carbonyl (C=O) groups excluding carboxylic acids is 1. The van der Waals surface area contributed by atoms with Gasteiger partial charge < -0.3 is 5.73 Å². The van der Waals surface area contributed by atoms with E-state index < -0.39 is 5.91 Å². The molecule has 0 spiro atoms. The molecule has 1 aliphatic rings. The lowest BCUT2D eigenvalue weighted by Crippen LogP contribution is -2.11. The van der Waals surface area contributed by atoms with E-state index in [1.54, 1.807) is 6.07 Å². The Morgan fingerprint density at radius 1 is 1.29 bits per heavy atom. The third-order valence-corrected chi connectivity index (χ3v) is 3.26. The summed E-state index contributed by atoms with van der Waals surface area (Å²) in [5, 5.41) is 0. The predicted octanol–water partition coefficient (Wildman–Crippen LogP) is 2.77. The Morgan fingerprint density at radius 3 is 2.65 bits per heavy atom. The molecule has 1 aromatic rings. The largest absolute Gasteiger partial charge is 0.366 e. The fourth-order valence-corrected chi connectivity index (χ4v) is 2.21. The summed E-state index contributed by atoms with van der Waals surface area (Å²) in [6, 6.07) is 3.55. The zero-order valence-electron chi connectivity index (χ0n) is 9.93. The van der Waals surface area contributed by atoms with Gasteiger partial charge in [-0.1, -0.05) is 25.3 Å². The van der Waals surface area contributed by atoms with Crippen LogP contribution in [0.2, 0.25) is 0 Å². The van der Waals surface area contributed by atoms with Crippen molar-refractivity contribution < 1.29 is 4.79 Å². The van der Waals surface area contributed by atoms with E-state index in [-0.39, 0.29) is 0 Å². The lowest BCUT2D eigenvalue weighted by molar-refractivity contribution is 0.1000. The molecule has 0 aliphatic heterocycles. The topological polar surface area (TPSA) is 56.0 Å². The van der Waals surface area contributed by atoms with Crippen molar-refractivity contribution in [1.29, 1.82) is 0 Å². The average molecular weight is 230 g/mol. The van der Waals surface area contributed by atoms with Crippen LogP contribution in [0.15, 0.2) is 24.4 Å². The summed E-state index contributed by atoms with van der Waals surface area (Å²) in [5.74, 6) is 0.265. The van der Waals surface area contributed by atoms with Crippen molar-refractivity contribution in [3.05, 3.63) is 35.7 Å². The van der Waals surface area contributed by atoms with Gasteiger partial charge in [-0.05, 0) is 37.0 Å². The first-order chi connectivity index (χ1) is 8.25. The molecule has 90 valence electrons. The highest BCUT2D eigenvalue weighted by Gasteiger charge is 2.09. The van der Waals surface area contributed by atoms with Gasteiger partial charge in [0.25, 0.3) is 0 Å². The number of hydrogen-bond acceptors (Lipinski definition) is 2. The standard InChI is InChI=1S/C14H18N2O/c15-14(17)12-7-9-13(16-10-12)8-6-11-4-2-1-3-5-11/h6-11H,1-5H2,(H2,15,17)/b8-6+. The number of nitrogens with zero attached hydrogens (tertiary/aromatic N) is 1. The fourth-order valence-electron chi connectivity index (χ4n) is 2.21. The number of nitrogens with two attached hydrogens (primary N) is 1. The van der Waals surface area contributed by atoms with Crippen LogP contribution in [-0.4, -0.2) is 10.9 Å². The zero-order chi connectivity index (χ0) is 12.1. The Kier molecular flexibility index (Phi) is 3.91. The molecule has 3 heteroatoms. The maximum atomic E-state index is 10.9. The maximum Gasteiger partial charge on any atom is 0.250 e. The number of allylic oxidation sites excluding steroid dienone is 1. The Labute approximate surface area is 102 Å². The number of aromatic nitrogens is 1. The quantitative estimate of drug-likeness (QED) is 0.868. The van der Waals surface area contributed by atoms with Gasteiger partial charge in [0.2, 0.25) is 5.91 Å². The molecule has 0 aromatic carbocycles. The summed E-state index contributed by atoms with van der Waals surface area (Å²) in [5.41, 5.74) is 6.51. The Hall–Kier alpha value is -1.64. The number of amides is 1. The number of carbonyl (C=O) groups is 1. The molecule has 1 aliphatic carbocycles. The van der Waals surface area contributed by atoms with E-state index in [0.717, 1.165) is 5.69 Å². The summed E-state index contributed by atoms with van der Waals surface area (Å²) >= 11 is 0. The van der Waals surface area contributed by atoms with Crippen LogP contribution >= 0.6 is 0 Å². The van der Waals surface area contributed by atoms with Crippen LogP contribution in [0.3, 0.4) is 0 Å². The molecule has 17 heavy (non-hydrogen) atoms. The van der Waals surface area contributed by atoms with Crippen LogP contribution < -0.4 is 5.73 Å². The third kappa shape index (κ3) is 3.41. The molecule has 3 nitrogen and oxygen atoms in total. The van der Waals surface area contributed by atoms with Crippen molar-refractivity contribution in [3.63, 3.8) is 0 Å². The van der Waals surface area contributed by atoms with Gasteiger partial charge in [-0.15, -0.1) is 0 Å². The minimum Gasteiger partial charge on any atom is -0.366 e. The van der Waals surface area contributed by atoms with Crippen LogP contribution in [0.4, 0.5) is 0 Å². The van der Waals surface area contributed by atoms with E-state index in [1.807, 2.05) is 12.1 Å². The van der Waals surface area contributed by atoms with Crippen molar-refractivity contribution in [2.75, 3.05) is 0 Å². The van der Waals surface area contributed by atoms with Gasteiger partial charge in [0.05, 0.1) is 11.3 Å². The van der Waals surface area contributed by atoms with Crippen molar-refractivity contribution in [3.8, 4) is 0 Å². The molecule has 0 bridgehead atoms. The van der Waals surface area contributed by atoms with E-state index in [9.17, 15) is 4.79 Å². The average Bonchev–Trinajstić information content (AvgIpc) is 2.38. The number of hydrogen-bond donors (Lipinski definition) is 1. The van der Waals surface area contributed by atoms with Gasteiger partial charge in [-0.2, -0.15) is 0 Å². The second kappa shape index (κ2) is 5.62. The van der Waals surface area contributed by atoms with Crippen molar-refractivity contribution in [2.24, 2.45) is 11.7 Å². The van der Waals surface area contributed by atoms with Crippen molar-refractivity contribution >= 4 is 12.0 Å². The van der Waals surface area contributed by atoms with Gasteiger partial charge in [0.15, 0.2) is 0 Å². The number of pyridine rings is 1. The minimum atomic E-state index is -0.430. The van der Waals surface area contributed by atoms with E-state index >= 15 is 0 Å². The van der Waals surface area contributed by atoms with E-state index in [4.69, 9.17) is 5.73 Å². The molecule has 1 amide bonds. The molecule has 2 N–H and O–H groups in total. The van der Waals surface area contributed by atoms with Gasteiger partial charge in [0.1, 0.15) is 0 Å². The van der Waals surface area contributed by atoms with Gasteiger partial charge in [0, 0.05) is 6.20 Å². The lowest BCUT2D eigenvalue weighted by atomic mass is 9.89. The summed E-state index contributed by atoms with van der Waals surface area (Å²) in [6.45, 7) is 0. The van der Waals surface area contributed by atoms with Gasteiger partial charge in [-0.3, -0.25) is 9.78 Å². The first kappa shape index (κ1) is 11.8. The molecule has 1 fully saturated rings. The molecule has 0 unspecified atom stereocenters. The maximum absolute atomic E-state index is 10.9.